The Labute approximate surface area is 147 Å². The Kier molecular flexibility index (Phi) is 7.15. The molecule has 0 aliphatic carbocycles. The third-order valence-electron chi connectivity index (χ3n) is 4.57. The number of nitrogens with zero attached hydrogens (tertiary/aromatic N) is 1. The van der Waals surface area contributed by atoms with E-state index < -0.39 is 7.26 Å². The first-order valence-corrected chi connectivity index (χ1v) is 11.2. The molecule has 0 radical (unpaired) electrons. The molecule has 0 aromatic heterocycles. The molecule has 2 aromatic rings. The number of allylic oxidation sites excluding steroid dienone is 4. The number of aliphatic imine (C=N–C) groups is 1. The van der Waals surface area contributed by atoms with Crippen LogP contribution >= 0.6 is 7.26 Å². The van der Waals surface area contributed by atoms with Crippen molar-refractivity contribution < 1.29 is 0 Å². The van der Waals surface area contributed by atoms with Crippen molar-refractivity contribution >= 4 is 24.1 Å². The molecule has 24 heavy (non-hydrogen) atoms. The van der Waals surface area contributed by atoms with Gasteiger partial charge in [-0.3, -0.25) is 0 Å². The molecular formula is C22H28NP. The number of hydrogen-bond acceptors (Lipinski definition) is 1. The van der Waals surface area contributed by atoms with Crippen LogP contribution in [0.4, 0.5) is 0 Å². The van der Waals surface area contributed by atoms with E-state index in [0.29, 0.717) is 0 Å². The van der Waals surface area contributed by atoms with Crippen molar-refractivity contribution in [1.29, 1.82) is 0 Å². The van der Waals surface area contributed by atoms with Crippen molar-refractivity contribution in [2.45, 2.75) is 13.3 Å². The van der Waals surface area contributed by atoms with E-state index >= 15 is 0 Å². The predicted molar refractivity (Wildman–Crippen MR) is 113 cm³/mol. The number of rotatable bonds is 7. The normalized spacial score (nSPS) is 13.7. The summed E-state index contributed by atoms with van der Waals surface area (Å²) in [6, 6.07) is 22.1. The molecule has 0 heterocycles. The van der Waals surface area contributed by atoms with Crippen LogP contribution in [0, 0.1) is 0 Å². The molecule has 0 unspecified atom stereocenters. The van der Waals surface area contributed by atoms with Crippen LogP contribution in [0.1, 0.15) is 13.3 Å². The Morgan fingerprint density at radius 2 is 1.46 bits per heavy atom. The van der Waals surface area contributed by atoms with Crippen molar-refractivity contribution in [3.8, 4) is 0 Å². The average Bonchev–Trinajstić information content (AvgIpc) is 2.65. The molecule has 0 saturated heterocycles. The maximum absolute atomic E-state index is 3.96. The maximum atomic E-state index is 3.96. The summed E-state index contributed by atoms with van der Waals surface area (Å²) in [4.78, 5) is 3.96. The summed E-state index contributed by atoms with van der Waals surface area (Å²) in [6.45, 7) is 4.71. The van der Waals surface area contributed by atoms with Crippen molar-refractivity contribution in [2.24, 2.45) is 4.99 Å². The second kappa shape index (κ2) is 9.35. The van der Waals surface area contributed by atoms with E-state index in [0.717, 1.165) is 6.42 Å². The first kappa shape index (κ1) is 18.4. The minimum absolute atomic E-state index is 1.13. The van der Waals surface area contributed by atoms with Crippen molar-refractivity contribution in [3.05, 3.63) is 84.5 Å². The topological polar surface area (TPSA) is 12.4 Å². The summed E-state index contributed by atoms with van der Waals surface area (Å²) in [7, 11) is 0.0793. The average molecular weight is 337 g/mol. The fourth-order valence-electron chi connectivity index (χ4n) is 2.95. The van der Waals surface area contributed by atoms with Crippen LogP contribution in [-0.4, -0.2) is 26.1 Å². The summed E-state index contributed by atoms with van der Waals surface area (Å²) in [6.07, 6.45) is 10.4. The van der Waals surface area contributed by atoms with Crippen LogP contribution in [0.3, 0.4) is 0 Å². The van der Waals surface area contributed by atoms with Crippen LogP contribution in [0.5, 0.6) is 0 Å². The fourth-order valence-corrected chi connectivity index (χ4v) is 6.61. The van der Waals surface area contributed by atoms with Crippen molar-refractivity contribution in [3.63, 3.8) is 0 Å². The SMILES string of the molecule is C/N=C/C=C\C=C(/C)CC[PH](C)(c1ccccc1)c1ccccc1. The zero-order valence-corrected chi connectivity index (χ0v) is 15.9. The molecule has 0 spiro atoms. The van der Waals surface area contributed by atoms with Gasteiger partial charge < -0.3 is 0 Å². The Hall–Kier alpha value is -1.98. The number of hydrogen-bond donors (Lipinski definition) is 0. The van der Waals surface area contributed by atoms with E-state index in [9.17, 15) is 0 Å². The van der Waals surface area contributed by atoms with Gasteiger partial charge in [0.25, 0.3) is 0 Å². The molecule has 0 amide bonds. The first-order chi connectivity index (χ1) is 11.7. The Morgan fingerprint density at radius 3 is 1.96 bits per heavy atom. The zero-order valence-electron chi connectivity index (χ0n) is 14.9. The molecule has 0 aliphatic rings. The Balaban J connectivity index is 2.22. The quantitative estimate of drug-likeness (QED) is 0.397. The van der Waals surface area contributed by atoms with Gasteiger partial charge in [-0.15, -0.1) is 0 Å². The molecule has 0 bridgehead atoms. The first-order valence-electron chi connectivity index (χ1n) is 8.52. The van der Waals surface area contributed by atoms with Gasteiger partial charge in [-0.25, -0.2) is 0 Å². The van der Waals surface area contributed by atoms with E-state index in [-0.39, 0.29) is 0 Å². The molecule has 2 aromatic carbocycles. The van der Waals surface area contributed by atoms with Gasteiger partial charge in [-0.1, -0.05) is 0 Å². The van der Waals surface area contributed by atoms with Gasteiger partial charge in [0.15, 0.2) is 0 Å². The van der Waals surface area contributed by atoms with Gasteiger partial charge in [0, 0.05) is 0 Å². The van der Waals surface area contributed by atoms with Crippen LogP contribution < -0.4 is 10.6 Å². The van der Waals surface area contributed by atoms with E-state index in [1.807, 2.05) is 12.3 Å². The molecule has 126 valence electrons. The summed E-state index contributed by atoms with van der Waals surface area (Å²) >= 11 is 0. The van der Waals surface area contributed by atoms with Gasteiger partial charge >= 0.3 is 147 Å². The van der Waals surface area contributed by atoms with E-state index in [2.05, 4.69) is 91.4 Å². The van der Waals surface area contributed by atoms with E-state index in [1.165, 1.54) is 22.3 Å². The zero-order chi connectivity index (χ0) is 17.3. The van der Waals surface area contributed by atoms with Gasteiger partial charge in [0.2, 0.25) is 0 Å². The van der Waals surface area contributed by atoms with Crippen LogP contribution in [0.15, 0.2) is 89.5 Å². The molecule has 2 heteroatoms. The third kappa shape index (κ3) is 5.01. The number of benzene rings is 2. The Morgan fingerprint density at radius 1 is 0.917 bits per heavy atom. The molecule has 0 saturated carbocycles. The van der Waals surface area contributed by atoms with Crippen LogP contribution in [-0.2, 0) is 0 Å². The van der Waals surface area contributed by atoms with Crippen LogP contribution in [0.2, 0.25) is 0 Å². The predicted octanol–water partition coefficient (Wildman–Crippen LogP) is 4.61. The van der Waals surface area contributed by atoms with Crippen molar-refractivity contribution in [1.82, 2.24) is 0 Å². The Bertz CT molecular complexity index is 660. The van der Waals surface area contributed by atoms with E-state index in [4.69, 9.17) is 0 Å². The molecule has 2 rings (SSSR count). The second-order valence-corrected chi connectivity index (χ2v) is 10.7. The molecular weight excluding hydrogens is 309 g/mol. The molecule has 0 aliphatic heterocycles. The monoisotopic (exact) mass is 337 g/mol. The molecule has 0 fully saturated rings. The standard InChI is InChI=1S/C22H28NP/c1-20(12-10-11-18-23-2)17-19-24(3,21-13-6-4-7-14-21)22-15-8-5-9-16-22/h4-16,18,24H,17,19H2,1-3H3/b11-10-,20-12+,23-18+. The summed E-state index contributed by atoms with van der Waals surface area (Å²) < 4.78 is 0. The third-order valence-corrected chi connectivity index (χ3v) is 9.03. The van der Waals surface area contributed by atoms with Gasteiger partial charge in [-0.05, 0) is 0 Å². The fraction of sp³-hybridized carbons (Fsp3) is 0.227. The summed E-state index contributed by atoms with van der Waals surface area (Å²) in [5, 5.41) is 3.02. The van der Waals surface area contributed by atoms with Gasteiger partial charge in [0.05, 0.1) is 0 Å². The summed E-state index contributed by atoms with van der Waals surface area (Å²) in [5.41, 5.74) is 1.42. The minimum atomic E-state index is -1.71. The molecule has 0 N–H and O–H groups in total. The molecule has 1 nitrogen and oxygen atoms in total. The molecule has 0 atom stereocenters. The van der Waals surface area contributed by atoms with Crippen LogP contribution in [0.25, 0.3) is 0 Å². The second-order valence-electron chi connectivity index (χ2n) is 6.37. The summed E-state index contributed by atoms with van der Waals surface area (Å²) in [5.74, 6) is 0. The van der Waals surface area contributed by atoms with Gasteiger partial charge in [0.1, 0.15) is 0 Å². The van der Waals surface area contributed by atoms with Gasteiger partial charge in [-0.2, -0.15) is 0 Å². The van der Waals surface area contributed by atoms with Crippen molar-refractivity contribution in [2.75, 3.05) is 19.9 Å². The van der Waals surface area contributed by atoms with E-state index in [1.54, 1.807) is 7.05 Å².